The zero-order chi connectivity index (χ0) is 15.8. The fourth-order valence-corrected chi connectivity index (χ4v) is 2.51. The summed E-state index contributed by atoms with van der Waals surface area (Å²) in [7, 11) is 0. The molecule has 0 aliphatic carbocycles. The Morgan fingerprint density at radius 2 is 2.04 bits per heavy atom. The van der Waals surface area contributed by atoms with Crippen LogP contribution in [0.25, 0.3) is 34.1 Å². The van der Waals surface area contributed by atoms with E-state index in [1.807, 2.05) is 31.2 Å². The van der Waals surface area contributed by atoms with Crippen molar-refractivity contribution < 1.29 is 8.94 Å². The monoisotopic (exact) mass is 308 g/mol. The van der Waals surface area contributed by atoms with Crippen LogP contribution in [-0.4, -0.2) is 20.3 Å². The van der Waals surface area contributed by atoms with Gasteiger partial charge in [-0.15, -0.1) is 0 Å². The molecular formula is C16H12N4O3. The first-order valence-corrected chi connectivity index (χ1v) is 7.17. The maximum atomic E-state index is 11.1. The van der Waals surface area contributed by atoms with Gasteiger partial charge in [0.2, 0.25) is 5.82 Å². The number of aromatic nitrogens is 4. The molecule has 0 spiro atoms. The molecule has 4 rings (SSSR count). The van der Waals surface area contributed by atoms with Crippen molar-refractivity contribution >= 4 is 11.0 Å². The third kappa shape index (κ3) is 2.22. The van der Waals surface area contributed by atoms with Crippen molar-refractivity contribution in [1.29, 1.82) is 0 Å². The van der Waals surface area contributed by atoms with Gasteiger partial charge in [-0.1, -0.05) is 30.3 Å². The molecule has 0 aliphatic rings. The summed E-state index contributed by atoms with van der Waals surface area (Å²) in [5, 5.41) is 11.2. The Labute approximate surface area is 130 Å². The molecule has 0 bridgehead atoms. The molecule has 0 unspecified atom stereocenters. The SMILES string of the molecule is CCc1c(-c2nc(-c3ccc(=O)[nH]n3)no2)oc2ccccc12. The van der Waals surface area contributed by atoms with Crippen LogP contribution in [0, 0.1) is 0 Å². The number of fused-ring (bicyclic) bond motifs is 1. The summed E-state index contributed by atoms with van der Waals surface area (Å²) in [4.78, 5) is 15.4. The van der Waals surface area contributed by atoms with Crippen LogP contribution in [0.15, 0.2) is 50.1 Å². The van der Waals surface area contributed by atoms with Gasteiger partial charge in [0.15, 0.2) is 5.76 Å². The number of aromatic amines is 1. The molecule has 114 valence electrons. The predicted molar refractivity (Wildman–Crippen MR) is 82.7 cm³/mol. The van der Waals surface area contributed by atoms with Crippen LogP contribution >= 0.6 is 0 Å². The highest BCUT2D eigenvalue weighted by atomic mass is 16.5. The smallest absolute Gasteiger partial charge is 0.294 e. The van der Waals surface area contributed by atoms with Crippen LogP contribution in [0.5, 0.6) is 0 Å². The number of aryl methyl sites for hydroxylation is 1. The van der Waals surface area contributed by atoms with Gasteiger partial charge in [-0.2, -0.15) is 10.1 Å². The second kappa shape index (κ2) is 5.20. The van der Waals surface area contributed by atoms with E-state index in [2.05, 4.69) is 20.3 Å². The van der Waals surface area contributed by atoms with Gasteiger partial charge in [-0.25, -0.2) is 5.10 Å². The molecule has 7 nitrogen and oxygen atoms in total. The predicted octanol–water partition coefficient (Wildman–Crippen LogP) is 2.80. The van der Waals surface area contributed by atoms with Gasteiger partial charge in [0.1, 0.15) is 11.3 Å². The molecule has 1 N–H and O–H groups in total. The van der Waals surface area contributed by atoms with Crippen LogP contribution in [0.1, 0.15) is 12.5 Å². The van der Waals surface area contributed by atoms with Gasteiger partial charge in [0, 0.05) is 17.0 Å². The lowest BCUT2D eigenvalue weighted by molar-refractivity contribution is 0.419. The number of hydrogen-bond donors (Lipinski definition) is 1. The lowest BCUT2D eigenvalue weighted by Gasteiger charge is -1.93. The molecule has 1 aromatic carbocycles. The Bertz CT molecular complexity index is 1020. The lowest BCUT2D eigenvalue weighted by Crippen LogP contribution is -2.05. The first-order chi connectivity index (χ1) is 11.3. The zero-order valence-corrected chi connectivity index (χ0v) is 12.2. The first-order valence-electron chi connectivity index (χ1n) is 7.17. The van der Waals surface area contributed by atoms with Gasteiger partial charge in [-0.3, -0.25) is 4.79 Å². The maximum Gasteiger partial charge on any atom is 0.294 e. The average Bonchev–Trinajstić information content (AvgIpc) is 3.19. The standard InChI is InChI=1S/C16H12N4O3/c1-2-9-10-5-3-4-6-12(10)22-14(9)16-17-15(20-23-16)11-7-8-13(21)19-18-11/h3-8H,2H2,1H3,(H,19,21). The third-order valence-electron chi connectivity index (χ3n) is 3.58. The van der Waals surface area contributed by atoms with E-state index in [9.17, 15) is 4.79 Å². The lowest BCUT2D eigenvalue weighted by atomic mass is 10.1. The Morgan fingerprint density at radius 1 is 1.17 bits per heavy atom. The van der Waals surface area contributed by atoms with Crippen molar-refractivity contribution in [3.63, 3.8) is 0 Å². The van der Waals surface area contributed by atoms with E-state index in [0.29, 0.717) is 23.2 Å². The average molecular weight is 308 g/mol. The van der Waals surface area contributed by atoms with E-state index < -0.39 is 0 Å². The minimum Gasteiger partial charge on any atom is -0.451 e. The maximum absolute atomic E-state index is 11.1. The second-order valence-corrected chi connectivity index (χ2v) is 4.99. The van der Waals surface area contributed by atoms with Crippen LogP contribution in [0.2, 0.25) is 0 Å². The molecule has 0 aliphatic heterocycles. The summed E-state index contributed by atoms with van der Waals surface area (Å²) in [5.41, 5.74) is 1.93. The Morgan fingerprint density at radius 3 is 2.83 bits per heavy atom. The Hall–Kier alpha value is -3.22. The minimum absolute atomic E-state index is 0.289. The Kier molecular flexibility index (Phi) is 3.04. The molecule has 7 heteroatoms. The number of rotatable bonds is 3. The van der Waals surface area contributed by atoms with E-state index in [-0.39, 0.29) is 5.56 Å². The number of H-pyrrole nitrogens is 1. The van der Waals surface area contributed by atoms with Gasteiger partial charge in [0.05, 0.1) is 0 Å². The molecule has 0 atom stereocenters. The van der Waals surface area contributed by atoms with E-state index in [1.54, 1.807) is 0 Å². The largest absolute Gasteiger partial charge is 0.451 e. The molecule has 0 amide bonds. The number of para-hydroxylation sites is 1. The number of furan rings is 1. The summed E-state index contributed by atoms with van der Waals surface area (Å²) in [6.07, 6.45) is 0.779. The zero-order valence-electron chi connectivity index (χ0n) is 12.2. The number of benzene rings is 1. The second-order valence-electron chi connectivity index (χ2n) is 4.99. The van der Waals surface area contributed by atoms with E-state index in [4.69, 9.17) is 8.94 Å². The third-order valence-corrected chi connectivity index (χ3v) is 3.58. The molecular weight excluding hydrogens is 296 g/mol. The fraction of sp³-hybridized carbons (Fsp3) is 0.125. The minimum atomic E-state index is -0.289. The summed E-state index contributed by atoms with van der Waals surface area (Å²) in [6, 6.07) is 10.7. The van der Waals surface area contributed by atoms with Crippen molar-refractivity contribution in [2.75, 3.05) is 0 Å². The van der Waals surface area contributed by atoms with Crippen molar-refractivity contribution in [1.82, 2.24) is 20.3 Å². The first kappa shape index (κ1) is 13.4. The summed E-state index contributed by atoms with van der Waals surface area (Å²) in [5.74, 6) is 1.15. The van der Waals surface area contributed by atoms with Crippen molar-refractivity contribution in [2.24, 2.45) is 0 Å². The molecule has 0 saturated heterocycles. The van der Waals surface area contributed by atoms with E-state index in [1.165, 1.54) is 12.1 Å². The van der Waals surface area contributed by atoms with E-state index in [0.717, 1.165) is 23.0 Å². The summed E-state index contributed by atoms with van der Waals surface area (Å²) in [6.45, 7) is 2.04. The molecule has 0 fully saturated rings. The van der Waals surface area contributed by atoms with Gasteiger partial charge < -0.3 is 8.94 Å². The van der Waals surface area contributed by atoms with Crippen LogP contribution < -0.4 is 5.56 Å². The molecule has 4 aromatic rings. The molecule has 3 heterocycles. The summed E-state index contributed by atoms with van der Waals surface area (Å²) >= 11 is 0. The highest BCUT2D eigenvalue weighted by molar-refractivity contribution is 5.86. The Balaban J connectivity index is 1.83. The van der Waals surface area contributed by atoms with Crippen molar-refractivity contribution in [3.05, 3.63) is 52.3 Å². The van der Waals surface area contributed by atoms with E-state index >= 15 is 0 Å². The van der Waals surface area contributed by atoms with Crippen LogP contribution in [0.3, 0.4) is 0 Å². The normalized spacial score (nSPS) is 11.2. The van der Waals surface area contributed by atoms with Crippen molar-refractivity contribution in [3.8, 4) is 23.2 Å². The van der Waals surface area contributed by atoms with Crippen molar-refractivity contribution in [2.45, 2.75) is 13.3 Å². The van der Waals surface area contributed by atoms with Gasteiger partial charge in [0.25, 0.3) is 11.4 Å². The van der Waals surface area contributed by atoms with Gasteiger partial charge >= 0.3 is 0 Å². The number of nitrogens with zero attached hydrogens (tertiary/aromatic N) is 3. The van der Waals surface area contributed by atoms with Crippen LogP contribution in [-0.2, 0) is 6.42 Å². The highest BCUT2D eigenvalue weighted by Crippen LogP contribution is 2.33. The highest BCUT2D eigenvalue weighted by Gasteiger charge is 2.20. The number of hydrogen-bond acceptors (Lipinski definition) is 6. The molecule has 3 aromatic heterocycles. The molecule has 0 radical (unpaired) electrons. The number of nitrogens with one attached hydrogen (secondary N) is 1. The summed E-state index contributed by atoms with van der Waals surface area (Å²) < 4.78 is 11.2. The quantitative estimate of drug-likeness (QED) is 0.625. The fourth-order valence-electron chi connectivity index (χ4n) is 2.51. The molecule has 23 heavy (non-hydrogen) atoms. The van der Waals surface area contributed by atoms with Gasteiger partial charge in [-0.05, 0) is 18.6 Å². The van der Waals surface area contributed by atoms with Crippen LogP contribution in [0.4, 0.5) is 0 Å². The topological polar surface area (TPSA) is 97.8 Å². The molecule has 0 saturated carbocycles.